The van der Waals surface area contributed by atoms with Crippen molar-refractivity contribution < 1.29 is 28.5 Å². The van der Waals surface area contributed by atoms with Crippen molar-refractivity contribution >= 4 is 27.5 Å². The summed E-state index contributed by atoms with van der Waals surface area (Å²) in [6.45, 7) is 4.54. The van der Waals surface area contributed by atoms with E-state index in [4.69, 9.17) is 25.2 Å². The maximum absolute atomic E-state index is 14.3. The number of hydrogen-bond donors (Lipinski definition) is 2. The Morgan fingerprint density at radius 1 is 1.32 bits per heavy atom. The number of rotatable bonds is 12. The zero-order valence-electron chi connectivity index (χ0n) is 21.4. The summed E-state index contributed by atoms with van der Waals surface area (Å²) in [7, 11) is 1.40. The third kappa shape index (κ3) is 5.63. The van der Waals surface area contributed by atoms with Crippen LogP contribution in [0.4, 0.5) is 4.39 Å². The summed E-state index contributed by atoms with van der Waals surface area (Å²) in [5.41, 5.74) is 4.49. The lowest BCUT2D eigenvalue weighted by Crippen LogP contribution is -2.45. The Labute approximate surface area is 221 Å². The minimum Gasteiger partial charge on any atom is -0.496 e. The van der Waals surface area contributed by atoms with Crippen LogP contribution in [-0.2, 0) is 20.8 Å². The maximum Gasteiger partial charge on any atom is 0.332 e. The molecule has 2 heterocycles. The number of carbonyl (C=O) groups excluding carboxylic acids is 1. The van der Waals surface area contributed by atoms with E-state index in [-0.39, 0.29) is 47.7 Å². The molecule has 1 aromatic carbocycles. The highest BCUT2D eigenvalue weighted by atomic mass is 32.1. The predicted molar refractivity (Wildman–Crippen MR) is 137 cm³/mol. The fourth-order valence-corrected chi connectivity index (χ4v) is 5.33. The number of halogens is 1. The second kappa shape index (κ2) is 12.3. The summed E-state index contributed by atoms with van der Waals surface area (Å²) in [5, 5.41) is 19.6. The van der Waals surface area contributed by atoms with Gasteiger partial charge in [0.25, 0.3) is 5.56 Å². The third-order valence-electron chi connectivity index (χ3n) is 6.05. The highest BCUT2D eigenvalue weighted by Crippen LogP contribution is 2.35. The van der Waals surface area contributed by atoms with Crippen LogP contribution in [0, 0.1) is 24.1 Å². The molecule has 0 aliphatic rings. The zero-order valence-corrected chi connectivity index (χ0v) is 22.2. The second-order valence-corrected chi connectivity index (χ2v) is 9.41. The van der Waals surface area contributed by atoms with Gasteiger partial charge in [-0.15, -0.1) is 11.3 Å². The fourth-order valence-electron chi connectivity index (χ4n) is 4.09. The number of aromatic nitrogens is 2. The van der Waals surface area contributed by atoms with Crippen LogP contribution in [0.15, 0.2) is 27.8 Å². The van der Waals surface area contributed by atoms with E-state index in [1.54, 1.807) is 13.8 Å². The molecule has 11 nitrogen and oxygen atoms in total. The van der Waals surface area contributed by atoms with Crippen LogP contribution in [0.3, 0.4) is 0 Å². The summed E-state index contributed by atoms with van der Waals surface area (Å²) in [6, 6.07) is 4.49. The molecule has 0 fully saturated rings. The molecule has 0 bridgehead atoms. The molecule has 2 aromatic heterocycles. The SMILES string of the molecule is CCOC(O)c1sc2c(c1C)c(=O)n([C@@H](C)C(N)=O)c(=O)n2C[C@H](OCCC#N)c1cc(F)ccc1OC. The zero-order chi connectivity index (χ0) is 28.1. The summed E-state index contributed by atoms with van der Waals surface area (Å²) >= 11 is 0.980. The molecular formula is C25H29FN4O7S. The number of aliphatic hydroxyl groups excluding tert-OH is 1. The minimum absolute atomic E-state index is 0.0272. The lowest BCUT2D eigenvalue weighted by molar-refractivity contribution is -0.120. The number of thiophene rings is 1. The van der Waals surface area contributed by atoms with E-state index in [9.17, 15) is 23.9 Å². The Balaban J connectivity index is 2.34. The van der Waals surface area contributed by atoms with Crippen molar-refractivity contribution in [3.05, 3.63) is 60.9 Å². The Morgan fingerprint density at radius 3 is 2.63 bits per heavy atom. The molecule has 3 rings (SSSR count). The number of nitriles is 1. The first-order valence-electron chi connectivity index (χ1n) is 11.8. The van der Waals surface area contributed by atoms with E-state index in [2.05, 4.69) is 0 Å². The van der Waals surface area contributed by atoms with Crippen LogP contribution < -0.4 is 21.7 Å². The molecule has 1 unspecified atom stereocenters. The standard InChI is InChI=1S/C25H29FN4O7S/c1-5-36-24(33)20-13(2)19-22(32)30(14(3)21(28)31)25(34)29(23(19)38-20)12-18(37-10-6-9-27)16-11-15(26)7-8-17(16)35-4/h7-8,11,14,18,24,33H,5-6,10,12H2,1-4H3,(H2,28,31)/t14-,18-,24?/m0/s1. The molecule has 0 radical (unpaired) electrons. The number of nitrogens with two attached hydrogens (primary N) is 1. The lowest BCUT2D eigenvalue weighted by Gasteiger charge is -2.23. The first-order chi connectivity index (χ1) is 18.1. The minimum atomic E-state index is -1.35. The van der Waals surface area contributed by atoms with Crippen LogP contribution >= 0.6 is 11.3 Å². The normalized spacial score (nSPS) is 13.7. The number of aliphatic hydroxyl groups is 1. The summed E-state index contributed by atoms with van der Waals surface area (Å²) in [5.74, 6) is -1.19. The van der Waals surface area contributed by atoms with Gasteiger partial charge in [-0.2, -0.15) is 5.26 Å². The van der Waals surface area contributed by atoms with E-state index in [1.807, 2.05) is 6.07 Å². The largest absolute Gasteiger partial charge is 0.496 e. The van der Waals surface area contributed by atoms with Gasteiger partial charge in [0.05, 0.1) is 43.0 Å². The van der Waals surface area contributed by atoms with Gasteiger partial charge in [0.15, 0.2) is 6.29 Å². The Kier molecular flexibility index (Phi) is 9.40. The molecule has 0 aliphatic heterocycles. The maximum atomic E-state index is 14.3. The van der Waals surface area contributed by atoms with Crippen LogP contribution in [0.2, 0.25) is 0 Å². The van der Waals surface area contributed by atoms with Gasteiger partial charge >= 0.3 is 5.69 Å². The van der Waals surface area contributed by atoms with Crippen LogP contribution in [0.1, 0.15) is 54.7 Å². The van der Waals surface area contributed by atoms with Crippen molar-refractivity contribution in [2.75, 3.05) is 20.3 Å². The number of aryl methyl sites for hydroxylation is 1. The molecule has 3 aromatic rings. The first-order valence-corrected chi connectivity index (χ1v) is 12.6. The van der Waals surface area contributed by atoms with Gasteiger partial charge in [0.1, 0.15) is 28.5 Å². The average molecular weight is 549 g/mol. The number of carbonyl (C=O) groups is 1. The lowest BCUT2D eigenvalue weighted by atomic mass is 10.1. The molecule has 3 N–H and O–H groups in total. The van der Waals surface area contributed by atoms with E-state index < -0.39 is 41.4 Å². The van der Waals surface area contributed by atoms with E-state index in [0.717, 1.165) is 15.9 Å². The number of ether oxygens (including phenoxy) is 3. The van der Waals surface area contributed by atoms with Crippen molar-refractivity contribution in [2.24, 2.45) is 5.73 Å². The number of benzene rings is 1. The molecule has 1 amide bonds. The van der Waals surface area contributed by atoms with Crippen LogP contribution in [0.5, 0.6) is 5.75 Å². The molecule has 0 saturated heterocycles. The van der Waals surface area contributed by atoms with Crippen molar-refractivity contribution in [1.82, 2.24) is 9.13 Å². The topological polar surface area (TPSA) is 159 Å². The van der Waals surface area contributed by atoms with E-state index in [0.29, 0.717) is 10.4 Å². The molecular weight excluding hydrogens is 519 g/mol. The predicted octanol–water partition coefficient (Wildman–Crippen LogP) is 2.43. The molecule has 204 valence electrons. The molecule has 13 heteroatoms. The molecule has 0 spiro atoms. The Morgan fingerprint density at radius 2 is 2.03 bits per heavy atom. The number of nitrogens with zero attached hydrogens (tertiary/aromatic N) is 3. The van der Waals surface area contributed by atoms with Crippen molar-refractivity contribution in [1.29, 1.82) is 5.26 Å². The smallest absolute Gasteiger partial charge is 0.332 e. The van der Waals surface area contributed by atoms with Crippen molar-refractivity contribution in [2.45, 2.75) is 52.2 Å². The molecule has 38 heavy (non-hydrogen) atoms. The second-order valence-electron chi connectivity index (χ2n) is 8.38. The number of fused-ring (bicyclic) bond motifs is 1. The highest BCUT2D eigenvalue weighted by molar-refractivity contribution is 7.19. The van der Waals surface area contributed by atoms with Crippen LogP contribution in [-0.4, -0.2) is 40.5 Å². The highest BCUT2D eigenvalue weighted by Gasteiger charge is 2.29. The van der Waals surface area contributed by atoms with Gasteiger partial charge < -0.3 is 25.1 Å². The Bertz CT molecular complexity index is 1490. The van der Waals surface area contributed by atoms with Gasteiger partial charge in [-0.3, -0.25) is 14.2 Å². The summed E-state index contributed by atoms with van der Waals surface area (Å²) in [6.07, 6.45) is -2.32. The Hall–Kier alpha value is -3.57. The monoisotopic (exact) mass is 548 g/mol. The number of primary amides is 1. The van der Waals surface area contributed by atoms with Crippen molar-refractivity contribution in [3.63, 3.8) is 0 Å². The van der Waals surface area contributed by atoms with Gasteiger partial charge in [0.2, 0.25) is 5.91 Å². The van der Waals surface area contributed by atoms with E-state index in [1.165, 1.54) is 36.8 Å². The first kappa shape index (κ1) is 29.0. The fraction of sp³-hybridized carbons (Fsp3) is 0.440. The quantitative estimate of drug-likeness (QED) is 0.258. The van der Waals surface area contributed by atoms with E-state index >= 15 is 0 Å². The molecule has 0 saturated carbocycles. The molecule has 3 atom stereocenters. The van der Waals surface area contributed by atoms with Gasteiger partial charge in [-0.05, 0) is 44.5 Å². The van der Waals surface area contributed by atoms with Crippen molar-refractivity contribution in [3.8, 4) is 11.8 Å². The number of hydrogen-bond acceptors (Lipinski definition) is 9. The molecule has 0 aliphatic carbocycles. The summed E-state index contributed by atoms with van der Waals surface area (Å²) in [4.78, 5) is 39.7. The third-order valence-corrected chi connectivity index (χ3v) is 7.39. The average Bonchev–Trinajstić information content (AvgIpc) is 3.22. The van der Waals surface area contributed by atoms with Gasteiger partial charge in [-0.1, -0.05) is 0 Å². The van der Waals surface area contributed by atoms with Crippen LogP contribution in [0.25, 0.3) is 10.2 Å². The summed E-state index contributed by atoms with van der Waals surface area (Å²) < 4.78 is 32.8. The van der Waals surface area contributed by atoms with Gasteiger partial charge in [-0.25, -0.2) is 13.8 Å². The number of methoxy groups -OCH3 is 1. The number of amides is 1. The van der Waals surface area contributed by atoms with Gasteiger partial charge in [0, 0.05) is 12.2 Å².